The van der Waals surface area contributed by atoms with Crippen molar-refractivity contribution in [2.24, 2.45) is 0 Å². The molecule has 0 spiro atoms. The van der Waals surface area contributed by atoms with E-state index in [1.54, 1.807) is 24.3 Å². The fourth-order valence-electron chi connectivity index (χ4n) is 1.67. The van der Waals surface area contributed by atoms with Gasteiger partial charge in [-0.1, -0.05) is 0 Å². The van der Waals surface area contributed by atoms with Gasteiger partial charge in [0.2, 0.25) is 0 Å². The second-order valence-electron chi connectivity index (χ2n) is 4.75. The number of esters is 1. The zero-order chi connectivity index (χ0) is 18.8. The first-order valence-electron chi connectivity index (χ1n) is 7.46. The van der Waals surface area contributed by atoms with Crippen molar-refractivity contribution in [3.8, 4) is 5.75 Å². The topological polar surface area (TPSA) is 120 Å². The second kappa shape index (κ2) is 9.91. The minimum absolute atomic E-state index is 0.340. The Hall–Kier alpha value is -3.10. The minimum Gasteiger partial charge on any atom is -0.494 e. The van der Waals surface area contributed by atoms with Gasteiger partial charge in [0.25, 0.3) is 11.8 Å². The van der Waals surface area contributed by atoms with Gasteiger partial charge in [-0.15, -0.1) is 0 Å². The fraction of sp³-hybridized carbons (Fsp3) is 0.375. The summed E-state index contributed by atoms with van der Waals surface area (Å²) >= 11 is 0. The number of ether oxygens (including phenoxy) is 3. The summed E-state index contributed by atoms with van der Waals surface area (Å²) in [5.41, 5.74) is 0.340. The van der Waals surface area contributed by atoms with Crippen LogP contribution in [0.2, 0.25) is 0 Å². The van der Waals surface area contributed by atoms with E-state index in [1.165, 1.54) is 6.92 Å². The molecule has 1 rings (SSSR count). The highest BCUT2D eigenvalue weighted by Crippen LogP contribution is 2.11. The van der Waals surface area contributed by atoms with Crippen LogP contribution in [-0.4, -0.2) is 50.2 Å². The average Bonchev–Trinajstić information content (AvgIpc) is 2.60. The molecule has 0 saturated carbocycles. The molecule has 0 aromatic heterocycles. The lowest BCUT2D eigenvalue weighted by atomic mass is 10.2. The van der Waals surface area contributed by atoms with Gasteiger partial charge in [-0.2, -0.15) is 0 Å². The fourth-order valence-corrected chi connectivity index (χ4v) is 1.67. The van der Waals surface area contributed by atoms with Crippen molar-refractivity contribution in [1.29, 1.82) is 0 Å². The largest absolute Gasteiger partial charge is 0.494 e. The van der Waals surface area contributed by atoms with Crippen LogP contribution in [0.25, 0.3) is 0 Å². The number of imide groups is 1. The highest BCUT2D eigenvalue weighted by atomic mass is 16.6. The molecule has 9 heteroatoms. The van der Waals surface area contributed by atoms with Crippen molar-refractivity contribution in [2.45, 2.75) is 20.0 Å². The van der Waals surface area contributed by atoms with Gasteiger partial charge < -0.3 is 19.5 Å². The van der Waals surface area contributed by atoms with Gasteiger partial charge >= 0.3 is 12.1 Å². The Morgan fingerprint density at radius 2 is 1.76 bits per heavy atom. The van der Waals surface area contributed by atoms with Crippen molar-refractivity contribution in [1.82, 2.24) is 10.6 Å². The van der Waals surface area contributed by atoms with E-state index in [0.29, 0.717) is 17.9 Å². The molecule has 2 N–H and O–H groups in total. The van der Waals surface area contributed by atoms with Crippen LogP contribution < -0.4 is 15.4 Å². The van der Waals surface area contributed by atoms with Gasteiger partial charge in [0, 0.05) is 5.56 Å². The maximum Gasteiger partial charge on any atom is 0.413 e. The van der Waals surface area contributed by atoms with E-state index in [0.717, 1.165) is 7.11 Å². The summed E-state index contributed by atoms with van der Waals surface area (Å²) in [7, 11) is 1.09. The first kappa shape index (κ1) is 19.9. The highest BCUT2D eigenvalue weighted by Gasteiger charge is 2.20. The van der Waals surface area contributed by atoms with Crippen LogP contribution in [0.15, 0.2) is 24.3 Å². The number of methoxy groups -OCH3 is 1. The molecular weight excluding hydrogens is 332 g/mol. The maximum atomic E-state index is 11.9. The van der Waals surface area contributed by atoms with Crippen LogP contribution in [0.4, 0.5) is 4.79 Å². The first-order valence-corrected chi connectivity index (χ1v) is 7.46. The van der Waals surface area contributed by atoms with Gasteiger partial charge in [0.05, 0.1) is 13.7 Å². The number of carbonyl (C=O) groups excluding carboxylic acids is 4. The summed E-state index contributed by atoms with van der Waals surface area (Å²) in [5, 5.41) is 4.23. The van der Waals surface area contributed by atoms with Crippen molar-refractivity contribution in [3.63, 3.8) is 0 Å². The number of nitrogens with one attached hydrogen (secondary N) is 2. The molecule has 0 saturated heterocycles. The summed E-state index contributed by atoms with van der Waals surface area (Å²) in [6, 6.07) is 6.38. The Labute approximate surface area is 144 Å². The molecule has 1 aromatic carbocycles. The summed E-state index contributed by atoms with van der Waals surface area (Å²) in [6.45, 7) is 3.21. The quantitative estimate of drug-likeness (QED) is 0.691. The van der Waals surface area contributed by atoms with Gasteiger partial charge in [-0.3, -0.25) is 19.7 Å². The number of benzene rings is 1. The highest BCUT2D eigenvalue weighted by molar-refractivity contribution is 5.97. The Bertz CT molecular complexity index is 628. The van der Waals surface area contributed by atoms with E-state index >= 15 is 0 Å². The summed E-state index contributed by atoms with van der Waals surface area (Å²) in [5.74, 6) is -1.51. The van der Waals surface area contributed by atoms with E-state index in [-0.39, 0.29) is 0 Å². The molecule has 0 aliphatic rings. The normalized spacial score (nSPS) is 11.0. The lowest BCUT2D eigenvalue weighted by Gasteiger charge is -2.12. The summed E-state index contributed by atoms with van der Waals surface area (Å²) < 4.78 is 14.3. The molecule has 9 nitrogen and oxygen atoms in total. The van der Waals surface area contributed by atoms with Gasteiger partial charge in [0.1, 0.15) is 12.3 Å². The van der Waals surface area contributed by atoms with Gasteiger partial charge in [-0.05, 0) is 38.1 Å². The van der Waals surface area contributed by atoms with Crippen LogP contribution in [-0.2, 0) is 19.1 Å². The number of hydrogen-bond acceptors (Lipinski definition) is 7. The standard InChI is InChI=1S/C16H20N2O7/c1-4-24-12-7-5-11(6-8-12)15(21)17-9-13(19)25-10(2)14(20)18-16(22)23-3/h5-8,10H,4,9H2,1-3H3,(H,17,21)(H,18,20,22)/t10-/m0/s1. The zero-order valence-corrected chi connectivity index (χ0v) is 14.2. The van der Waals surface area contributed by atoms with Crippen molar-refractivity contribution >= 4 is 23.9 Å². The monoisotopic (exact) mass is 352 g/mol. The summed E-state index contributed by atoms with van der Waals surface area (Å²) in [6.07, 6.45) is -2.18. The van der Waals surface area contributed by atoms with E-state index in [2.05, 4.69) is 10.1 Å². The molecular formula is C16H20N2O7. The molecule has 0 heterocycles. The van der Waals surface area contributed by atoms with E-state index in [1.807, 2.05) is 12.2 Å². The lowest BCUT2D eigenvalue weighted by Crippen LogP contribution is -2.41. The average molecular weight is 352 g/mol. The third-order valence-electron chi connectivity index (χ3n) is 2.91. The molecule has 1 aromatic rings. The molecule has 0 aliphatic heterocycles. The predicted octanol–water partition coefficient (Wildman–Crippen LogP) is 0.629. The Kier molecular flexibility index (Phi) is 7.91. The third-order valence-corrected chi connectivity index (χ3v) is 2.91. The Morgan fingerprint density at radius 3 is 2.32 bits per heavy atom. The van der Waals surface area contributed by atoms with Crippen LogP contribution >= 0.6 is 0 Å². The number of carbonyl (C=O) groups is 4. The molecule has 0 fully saturated rings. The predicted molar refractivity (Wildman–Crippen MR) is 86.0 cm³/mol. The zero-order valence-electron chi connectivity index (χ0n) is 14.2. The molecule has 1 atom stereocenters. The summed E-state index contributed by atoms with van der Waals surface area (Å²) in [4.78, 5) is 46.0. The van der Waals surface area contributed by atoms with Crippen LogP contribution in [0.5, 0.6) is 5.75 Å². The van der Waals surface area contributed by atoms with Crippen LogP contribution in [0.3, 0.4) is 0 Å². The molecule has 0 unspecified atom stereocenters. The number of rotatable bonds is 7. The first-order chi connectivity index (χ1) is 11.9. The van der Waals surface area contributed by atoms with Gasteiger partial charge in [-0.25, -0.2) is 4.79 Å². The van der Waals surface area contributed by atoms with Crippen molar-refractivity contribution in [3.05, 3.63) is 29.8 Å². The number of hydrogen-bond donors (Lipinski definition) is 2. The smallest absolute Gasteiger partial charge is 0.413 e. The lowest BCUT2D eigenvalue weighted by molar-refractivity contribution is -0.153. The SMILES string of the molecule is CCOc1ccc(C(=O)NCC(=O)O[C@@H](C)C(=O)NC(=O)OC)cc1. The molecule has 0 radical (unpaired) electrons. The van der Waals surface area contributed by atoms with Crippen molar-refractivity contribution in [2.75, 3.05) is 20.3 Å². The molecule has 25 heavy (non-hydrogen) atoms. The van der Waals surface area contributed by atoms with Crippen molar-refractivity contribution < 1.29 is 33.4 Å². The molecule has 0 aliphatic carbocycles. The van der Waals surface area contributed by atoms with E-state index in [9.17, 15) is 19.2 Å². The third kappa shape index (κ3) is 6.90. The van der Waals surface area contributed by atoms with E-state index in [4.69, 9.17) is 9.47 Å². The van der Waals surface area contributed by atoms with E-state index < -0.39 is 36.5 Å². The van der Waals surface area contributed by atoms with Crippen LogP contribution in [0.1, 0.15) is 24.2 Å². The van der Waals surface area contributed by atoms with Crippen LogP contribution in [0, 0.1) is 0 Å². The number of amides is 3. The minimum atomic E-state index is -1.21. The molecule has 136 valence electrons. The molecule has 0 bridgehead atoms. The molecule has 3 amide bonds. The maximum absolute atomic E-state index is 11.9. The number of alkyl carbamates (subject to hydrolysis) is 1. The Morgan fingerprint density at radius 1 is 1.12 bits per heavy atom. The second-order valence-corrected chi connectivity index (χ2v) is 4.75. The Balaban J connectivity index is 2.43. The van der Waals surface area contributed by atoms with Gasteiger partial charge in [0.15, 0.2) is 6.10 Å².